The van der Waals surface area contributed by atoms with Crippen LogP contribution in [0.4, 0.5) is 0 Å². The first-order valence-corrected chi connectivity index (χ1v) is 8.26. The maximum atomic E-state index is 12.1. The lowest BCUT2D eigenvalue weighted by Gasteiger charge is -2.32. The minimum Gasteiger partial charge on any atom is -0.469 e. The van der Waals surface area contributed by atoms with Gasteiger partial charge in [-0.2, -0.15) is 0 Å². The van der Waals surface area contributed by atoms with Gasteiger partial charge in [-0.15, -0.1) is 0 Å². The highest BCUT2D eigenvalue weighted by Gasteiger charge is 2.29. The molecular formula is C12H24N2O4S. The van der Waals surface area contributed by atoms with Gasteiger partial charge in [0.2, 0.25) is 10.0 Å². The van der Waals surface area contributed by atoms with Crippen molar-refractivity contribution in [3.05, 3.63) is 0 Å². The predicted molar refractivity (Wildman–Crippen MR) is 73.0 cm³/mol. The van der Waals surface area contributed by atoms with Gasteiger partial charge < -0.3 is 10.5 Å². The summed E-state index contributed by atoms with van der Waals surface area (Å²) >= 11 is 0. The number of esters is 1. The minimum absolute atomic E-state index is 0.0127. The first-order valence-electron chi connectivity index (χ1n) is 6.65. The maximum Gasteiger partial charge on any atom is 0.305 e. The molecule has 7 heteroatoms. The van der Waals surface area contributed by atoms with Crippen LogP contribution < -0.4 is 5.73 Å². The van der Waals surface area contributed by atoms with E-state index >= 15 is 0 Å². The number of hydrogen-bond acceptors (Lipinski definition) is 5. The van der Waals surface area contributed by atoms with Crippen molar-refractivity contribution in [3.8, 4) is 0 Å². The van der Waals surface area contributed by atoms with Gasteiger partial charge in [-0.25, -0.2) is 12.7 Å². The number of carbonyl (C=O) groups is 1. The predicted octanol–water partition coefficient (Wildman–Crippen LogP) is 0.471. The molecule has 0 atom stereocenters. The normalized spacial score (nSPS) is 24.4. The molecule has 1 rings (SSSR count). The zero-order chi connectivity index (χ0) is 14.5. The number of rotatable bonds is 6. The molecule has 112 valence electrons. The molecule has 1 aliphatic rings. The van der Waals surface area contributed by atoms with Crippen LogP contribution in [-0.4, -0.2) is 50.7 Å². The lowest BCUT2D eigenvalue weighted by atomic mass is 9.92. The van der Waals surface area contributed by atoms with Crippen molar-refractivity contribution in [2.24, 2.45) is 5.73 Å². The van der Waals surface area contributed by atoms with E-state index < -0.39 is 10.0 Å². The third kappa shape index (κ3) is 5.08. The quantitative estimate of drug-likeness (QED) is 0.719. The SMILES string of the molecule is COC(=O)CCCS(=O)(=O)N(C)C1CCC(N)CC1. The Morgan fingerprint density at radius 2 is 1.89 bits per heavy atom. The summed E-state index contributed by atoms with van der Waals surface area (Å²) in [6.45, 7) is 0. The van der Waals surface area contributed by atoms with Crippen LogP contribution >= 0.6 is 0 Å². The van der Waals surface area contributed by atoms with Crippen molar-refractivity contribution in [2.45, 2.75) is 50.6 Å². The molecule has 0 radical (unpaired) electrons. The Kier molecular flexibility index (Phi) is 6.22. The number of sulfonamides is 1. The number of methoxy groups -OCH3 is 1. The van der Waals surface area contributed by atoms with E-state index in [1.807, 2.05) is 0 Å². The van der Waals surface area contributed by atoms with Crippen molar-refractivity contribution < 1.29 is 17.9 Å². The fourth-order valence-corrected chi connectivity index (χ4v) is 3.80. The number of hydrogen-bond donors (Lipinski definition) is 1. The van der Waals surface area contributed by atoms with Crippen LogP contribution in [-0.2, 0) is 19.6 Å². The van der Waals surface area contributed by atoms with E-state index in [1.165, 1.54) is 11.4 Å². The van der Waals surface area contributed by atoms with Gasteiger partial charge in [0.15, 0.2) is 0 Å². The van der Waals surface area contributed by atoms with Gasteiger partial charge in [0, 0.05) is 25.6 Å². The zero-order valence-corrected chi connectivity index (χ0v) is 12.5. The van der Waals surface area contributed by atoms with Gasteiger partial charge in [0.25, 0.3) is 0 Å². The monoisotopic (exact) mass is 292 g/mol. The molecule has 1 fully saturated rings. The van der Waals surface area contributed by atoms with Crippen LogP contribution in [0.1, 0.15) is 38.5 Å². The summed E-state index contributed by atoms with van der Waals surface area (Å²) in [5.41, 5.74) is 5.82. The van der Waals surface area contributed by atoms with E-state index in [4.69, 9.17) is 5.73 Å². The van der Waals surface area contributed by atoms with Crippen molar-refractivity contribution >= 4 is 16.0 Å². The summed E-state index contributed by atoms with van der Waals surface area (Å²) < 4.78 is 30.2. The van der Waals surface area contributed by atoms with Gasteiger partial charge in [0.1, 0.15) is 0 Å². The van der Waals surface area contributed by atoms with Crippen molar-refractivity contribution in [3.63, 3.8) is 0 Å². The summed E-state index contributed by atoms with van der Waals surface area (Å²) in [4.78, 5) is 11.0. The van der Waals surface area contributed by atoms with Gasteiger partial charge >= 0.3 is 5.97 Å². The summed E-state index contributed by atoms with van der Waals surface area (Å²) in [6.07, 6.45) is 3.80. The second kappa shape index (κ2) is 7.21. The third-order valence-electron chi connectivity index (χ3n) is 3.71. The van der Waals surface area contributed by atoms with E-state index in [1.54, 1.807) is 7.05 Å². The van der Waals surface area contributed by atoms with Crippen LogP contribution in [0.5, 0.6) is 0 Å². The zero-order valence-electron chi connectivity index (χ0n) is 11.7. The minimum atomic E-state index is -3.30. The van der Waals surface area contributed by atoms with E-state index in [2.05, 4.69) is 4.74 Å². The largest absolute Gasteiger partial charge is 0.469 e. The molecule has 19 heavy (non-hydrogen) atoms. The van der Waals surface area contributed by atoms with E-state index in [-0.39, 0.29) is 30.2 Å². The summed E-state index contributed by atoms with van der Waals surface area (Å²) in [5, 5.41) is 0. The van der Waals surface area contributed by atoms with Crippen molar-refractivity contribution in [1.82, 2.24) is 4.31 Å². The van der Waals surface area contributed by atoms with Gasteiger partial charge in [-0.1, -0.05) is 0 Å². The second-order valence-corrected chi connectivity index (χ2v) is 7.23. The Labute approximate surface area is 115 Å². The maximum absolute atomic E-state index is 12.1. The lowest BCUT2D eigenvalue weighted by Crippen LogP contribution is -2.42. The second-order valence-electron chi connectivity index (χ2n) is 5.08. The molecule has 2 N–H and O–H groups in total. The molecule has 0 unspecified atom stereocenters. The average molecular weight is 292 g/mol. The highest BCUT2D eigenvalue weighted by Crippen LogP contribution is 2.23. The molecular weight excluding hydrogens is 268 g/mol. The smallest absolute Gasteiger partial charge is 0.305 e. The highest BCUT2D eigenvalue weighted by atomic mass is 32.2. The third-order valence-corrected chi connectivity index (χ3v) is 5.69. The van der Waals surface area contributed by atoms with E-state index in [0.717, 1.165) is 25.7 Å². The summed E-state index contributed by atoms with van der Waals surface area (Å²) in [6, 6.07) is 0.245. The number of ether oxygens (including phenoxy) is 1. The molecule has 6 nitrogen and oxygen atoms in total. The van der Waals surface area contributed by atoms with E-state index in [9.17, 15) is 13.2 Å². The Balaban J connectivity index is 2.45. The molecule has 0 aromatic rings. The number of nitrogens with zero attached hydrogens (tertiary/aromatic N) is 1. The number of nitrogens with two attached hydrogens (primary N) is 1. The fourth-order valence-electron chi connectivity index (χ4n) is 2.34. The van der Waals surface area contributed by atoms with Gasteiger partial charge in [-0.3, -0.25) is 4.79 Å². The Bertz CT molecular complexity index is 389. The molecule has 1 aliphatic carbocycles. The van der Waals surface area contributed by atoms with Crippen LogP contribution in [0, 0.1) is 0 Å². The van der Waals surface area contributed by atoms with Gasteiger partial charge in [0.05, 0.1) is 12.9 Å². The lowest BCUT2D eigenvalue weighted by molar-refractivity contribution is -0.140. The molecule has 0 aromatic heterocycles. The number of carbonyl (C=O) groups excluding carboxylic acids is 1. The van der Waals surface area contributed by atoms with Crippen LogP contribution in [0.25, 0.3) is 0 Å². The summed E-state index contributed by atoms with van der Waals surface area (Å²) in [7, 11) is -0.377. The summed E-state index contributed by atoms with van der Waals surface area (Å²) in [5.74, 6) is -0.386. The Morgan fingerprint density at radius 3 is 2.42 bits per heavy atom. The van der Waals surface area contributed by atoms with Crippen LogP contribution in [0.2, 0.25) is 0 Å². The molecule has 0 aromatic carbocycles. The topological polar surface area (TPSA) is 89.7 Å². The van der Waals surface area contributed by atoms with Crippen LogP contribution in [0.3, 0.4) is 0 Å². The highest BCUT2D eigenvalue weighted by molar-refractivity contribution is 7.89. The van der Waals surface area contributed by atoms with Crippen molar-refractivity contribution in [1.29, 1.82) is 0 Å². The standard InChI is InChI=1S/C12H24N2O4S/c1-14(11-7-5-10(13)6-8-11)19(16,17)9-3-4-12(15)18-2/h10-11H,3-9,13H2,1-2H3. The molecule has 0 saturated heterocycles. The molecule has 0 spiro atoms. The Hall–Kier alpha value is -0.660. The average Bonchev–Trinajstić information content (AvgIpc) is 2.38. The molecule has 1 saturated carbocycles. The molecule has 0 bridgehead atoms. The fraction of sp³-hybridized carbons (Fsp3) is 0.917. The first kappa shape index (κ1) is 16.4. The van der Waals surface area contributed by atoms with E-state index in [0.29, 0.717) is 6.42 Å². The molecule has 0 aliphatic heterocycles. The molecule has 0 amide bonds. The Morgan fingerprint density at radius 1 is 1.32 bits per heavy atom. The van der Waals surface area contributed by atoms with Crippen molar-refractivity contribution in [2.75, 3.05) is 19.9 Å². The van der Waals surface area contributed by atoms with Gasteiger partial charge in [-0.05, 0) is 32.1 Å². The molecule has 0 heterocycles. The first-order chi connectivity index (χ1) is 8.86. The van der Waals surface area contributed by atoms with Crippen LogP contribution in [0.15, 0.2) is 0 Å².